The molecule has 1 amide bonds. The van der Waals surface area contributed by atoms with E-state index in [0.29, 0.717) is 0 Å². The Kier molecular flexibility index (Phi) is 4.78. The third kappa shape index (κ3) is 4.24. The average Bonchev–Trinajstić information content (AvgIpc) is 2.17. The first-order valence-electron chi connectivity index (χ1n) is 4.82. The Hall–Kier alpha value is -0.610. The Morgan fingerprint density at radius 2 is 2.23 bits per heavy atom. The minimum absolute atomic E-state index is 0.278. The van der Waals surface area contributed by atoms with Gasteiger partial charge in [-0.15, -0.1) is 0 Å². The molecule has 1 unspecified atom stereocenters. The van der Waals surface area contributed by atoms with Crippen molar-refractivity contribution in [2.45, 2.75) is 19.4 Å². The van der Waals surface area contributed by atoms with Gasteiger partial charge in [-0.2, -0.15) is 0 Å². The summed E-state index contributed by atoms with van der Waals surface area (Å²) in [7, 11) is 0. The van der Waals surface area contributed by atoms with Crippen LogP contribution >= 0.6 is 0 Å². The number of hydrogen-bond donors (Lipinski definition) is 1. The zero-order valence-electron chi connectivity index (χ0n) is 8.16. The predicted octanol–water partition coefficient (Wildman–Crippen LogP) is -0.157. The molecule has 1 aliphatic heterocycles. The van der Waals surface area contributed by atoms with E-state index in [2.05, 4.69) is 10.2 Å². The Morgan fingerprint density at radius 1 is 1.54 bits per heavy atom. The summed E-state index contributed by atoms with van der Waals surface area (Å²) >= 11 is 0. The lowest BCUT2D eigenvalue weighted by Gasteiger charge is -2.27. The highest BCUT2D eigenvalue weighted by molar-refractivity contribution is 5.46. The van der Waals surface area contributed by atoms with Crippen molar-refractivity contribution in [3.8, 4) is 0 Å². The number of amides is 1. The maximum Gasteiger partial charge on any atom is 0.207 e. The number of rotatable bonds is 5. The van der Waals surface area contributed by atoms with E-state index in [1.54, 1.807) is 0 Å². The standard InChI is InChI=1S/C9H18N2O2/c1-9(10-8-12)2-3-11-4-6-13-7-5-11/h8-9H,2-7H2,1H3,(H,10,12). The number of nitrogens with one attached hydrogen (secondary N) is 1. The molecule has 0 radical (unpaired) electrons. The molecule has 1 fully saturated rings. The van der Waals surface area contributed by atoms with Gasteiger partial charge in [-0.1, -0.05) is 0 Å². The lowest BCUT2D eigenvalue weighted by Crippen LogP contribution is -2.39. The van der Waals surface area contributed by atoms with Gasteiger partial charge in [0.25, 0.3) is 0 Å². The fourth-order valence-electron chi connectivity index (χ4n) is 1.40. The first kappa shape index (κ1) is 10.5. The van der Waals surface area contributed by atoms with Crippen molar-refractivity contribution in [2.24, 2.45) is 0 Å². The highest BCUT2D eigenvalue weighted by atomic mass is 16.5. The fraction of sp³-hybridized carbons (Fsp3) is 0.889. The van der Waals surface area contributed by atoms with Gasteiger partial charge in [0.2, 0.25) is 6.41 Å². The lowest BCUT2D eigenvalue weighted by atomic mass is 10.2. The van der Waals surface area contributed by atoms with Crippen molar-refractivity contribution in [1.82, 2.24) is 10.2 Å². The molecule has 0 aliphatic carbocycles. The molecule has 0 aromatic heterocycles. The van der Waals surface area contributed by atoms with Crippen molar-refractivity contribution in [1.29, 1.82) is 0 Å². The molecule has 1 saturated heterocycles. The minimum atomic E-state index is 0.278. The number of carbonyl (C=O) groups excluding carboxylic acids is 1. The quantitative estimate of drug-likeness (QED) is 0.607. The topological polar surface area (TPSA) is 41.6 Å². The molecule has 0 aromatic carbocycles. The van der Waals surface area contributed by atoms with Crippen LogP contribution in [0.25, 0.3) is 0 Å². The van der Waals surface area contributed by atoms with E-state index in [9.17, 15) is 4.79 Å². The number of nitrogens with zero attached hydrogens (tertiary/aromatic N) is 1. The molecule has 1 aliphatic rings. The largest absolute Gasteiger partial charge is 0.379 e. The van der Waals surface area contributed by atoms with Crippen LogP contribution in [0.2, 0.25) is 0 Å². The molecule has 13 heavy (non-hydrogen) atoms. The molecule has 1 heterocycles. The minimum Gasteiger partial charge on any atom is -0.379 e. The third-order valence-corrected chi connectivity index (χ3v) is 2.33. The van der Waals surface area contributed by atoms with Crippen molar-refractivity contribution in [3.63, 3.8) is 0 Å². The van der Waals surface area contributed by atoms with Crippen LogP contribution in [0, 0.1) is 0 Å². The monoisotopic (exact) mass is 186 g/mol. The molecule has 1 atom stereocenters. The van der Waals surface area contributed by atoms with Crippen LogP contribution in [-0.2, 0) is 9.53 Å². The second-order valence-corrected chi connectivity index (χ2v) is 3.43. The third-order valence-electron chi connectivity index (χ3n) is 2.33. The molecule has 4 heteroatoms. The van der Waals surface area contributed by atoms with E-state index < -0.39 is 0 Å². The Bertz CT molecular complexity index is 147. The smallest absolute Gasteiger partial charge is 0.207 e. The summed E-state index contributed by atoms with van der Waals surface area (Å²) in [5.41, 5.74) is 0. The summed E-state index contributed by atoms with van der Waals surface area (Å²) < 4.78 is 5.24. The summed E-state index contributed by atoms with van der Waals surface area (Å²) in [6.45, 7) is 6.80. The van der Waals surface area contributed by atoms with Gasteiger partial charge in [-0.3, -0.25) is 9.69 Å². The summed E-state index contributed by atoms with van der Waals surface area (Å²) in [5.74, 6) is 0. The molecule has 0 aromatic rings. The number of carbonyl (C=O) groups is 1. The van der Waals surface area contributed by atoms with Gasteiger partial charge < -0.3 is 10.1 Å². The second-order valence-electron chi connectivity index (χ2n) is 3.43. The number of hydrogen-bond acceptors (Lipinski definition) is 3. The summed E-state index contributed by atoms with van der Waals surface area (Å²) in [4.78, 5) is 12.5. The predicted molar refractivity (Wildman–Crippen MR) is 50.5 cm³/mol. The van der Waals surface area contributed by atoms with Gasteiger partial charge >= 0.3 is 0 Å². The Morgan fingerprint density at radius 3 is 2.85 bits per heavy atom. The highest BCUT2D eigenvalue weighted by Gasteiger charge is 2.10. The molecule has 1 rings (SSSR count). The van der Waals surface area contributed by atoms with E-state index in [-0.39, 0.29) is 6.04 Å². The van der Waals surface area contributed by atoms with E-state index in [1.165, 1.54) is 0 Å². The Balaban J connectivity index is 2.06. The van der Waals surface area contributed by atoms with Crippen LogP contribution in [0.5, 0.6) is 0 Å². The molecule has 0 spiro atoms. The summed E-state index contributed by atoms with van der Waals surface area (Å²) in [5, 5.41) is 2.75. The van der Waals surface area contributed by atoms with Gasteiger partial charge in [0.15, 0.2) is 0 Å². The zero-order chi connectivity index (χ0) is 9.52. The normalized spacial score (nSPS) is 21.0. The van der Waals surface area contributed by atoms with E-state index in [1.807, 2.05) is 6.92 Å². The molecular weight excluding hydrogens is 168 g/mol. The molecule has 0 bridgehead atoms. The SMILES string of the molecule is CC(CCN1CCOCC1)NC=O. The van der Waals surface area contributed by atoms with Gasteiger partial charge in [0.05, 0.1) is 13.2 Å². The first-order chi connectivity index (χ1) is 6.33. The molecular formula is C9H18N2O2. The van der Waals surface area contributed by atoms with E-state index in [4.69, 9.17) is 4.74 Å². The van der Waals surface area contributed by atoms with Gasteiger partial charge in [-0.25, -0.2) is 0 Å². The number of morpholine rings is 1. The molecule has 76 valence electrons. The summed E-state index contributed by atoms with van der Waals surface area (Å²) in [6, 6.07) is 0.278. The van der Waals surface area contributed by atoms with Gasteiger partial charge in [0.1, 0.15) is 0 Å². The van der Waals surface area contributed by atoms with Gasteiger partial charge in [-0.05, 0) is 13.3 Å². The first-order valence-corrected chi connectivity index (χ1v) is 4.82. The molecule has 1 N–H and O–H groups in total. The fourth-order valence-corrected chi connectivity index (χ4v) is 1.40. The van der Waals surface area contributed by atoms with Crippen LogP contribution in [0.15, 0.2) is 0 Å². The van der Waals surface area contributed by atoms with Crippen LogP contribution in [0.1, 0.15) is 13.3 Å². The number of ether oxygens (including phenoxy) is 1. The molecule has 4 nitrogen and oxygen atoms in total. The van der Waals surface area contributed by atoms with E-state index in [0.717, 1.165) is 45.7 Å². The van der Waals surface area contributed by atoms with Crippen molar-refractivity contribution >= 4 is 6.41 Å². The average molecular weight is 186 g/mol. The van der Waals surface area contributed by atoms with Crippen LogP contribution in [0.4, 0.5) is 0 Å². The van der Waals surface area contributed by atoms with Crippen LogP contribution in [0.3, 0.4) is 0 Å². The van der Waals surface area contributed by atoms with Gasteiger partial charge in [0, 0.05) is 25.7 Å². The zero-order valence-corrected chi connectivity index (χ0v) is 8.16. The van der Waals surface area contributed by atoms with Crippen molar-refractivity contribution in [2.75, 3.05) is 32.8 Å². The van der Waals surface area contributed by atoms with Crippen LogP contribution < -0.4 is 5.32 Å². The van der Waals surface area contributed by atoms with Crippen molar-refractivity contribution in [3.05, 3.63) is 0 Å². The van der Waals surface area contributed by atoms with Crippen molar-refractivity contribution < 1.29 is 9.53 Å². The lowest BCUT2D eigenvalue weighted by molar-refractivity contribution is -0.110. The summed E-state index contributed by atoms with van der Waals surface area (Å²) in [6.07, 6.45) is 1.78. The molecule has 0 saturated carbocycles. The second kappa shape index (κ2) is 5.94. The highest BCUT2D eigenvalue weighted by Crippen LogP contribution is 1.99. The maximum absolute atomic E-state index is 10.1. The maximum atomic E-state index is 10.1. The van der Waals surface area contributed by atoms with E-state index >= 15 is 0 Å². The van der Waals surface area contributed by atoms with Crippen LogP contribution in [-0.4, -0.2) is 50.2 Å². The Labute approximate surface area is 79.2 Å².